The number of nitrogens with one attached hydrogen (secondary N) is 1. The summed E-state index contributed by atoms with van der Waals surface area (Å²) in [6, 6.07) is 1.93. The van der Waals surface area contributed by atoms with Crippen molar-refractivity contribution in [1.82, 2.24) is 4.98 Å². The summed E-state index contributed by atoms with van der Waals surface area (Å²) in [5.41, 5.74) is 0. The fourth-order valence-electron chi connectivity index (χ4n) is 0.688. The van der Waals surface area contributed by atoms with Gasteiger partial charge in [0.1, 0.15) is 0 Å². The van der Waals surface area contributed by atoms with Crippen LogP contribution in [-0.4, -0.2) is 4.98 Å². The molecule has 48 valence electrons. The van der Waals surface area contributed by atoms with E-state index in [2.05, 4.69) is 18.1 Å². The highest BCUT2D eigenvalue weighted by molar-refractivity contribution is 5.33. The van der Waals surface area contributed by atoms with Crippen LogP contribution in [-0.2, 0) is 0 Å². The topological polar surface area (TPSA) is 15.8 Å². The molecule has 1 nitrogen and oxygen atoms in total. The largest absolute Gasteiger partial charge is 0.361 e. The molecule has 0 bridgehead atoms. The van der Waals surface area contributed by atoms with Crippen molar-refractivity contribution in [2.75, 3.05) is 0 Å². The third-order valence-corrected chi connectivity index (χ3v) is 1.15. The highest BCUT2D eigenvalue weighted by atomic mass is 14.6. The molecule has 1 rings (SSSR count). The van der Waals surface area contributed by atoms with Crippen molar-refractivity contribution in [2.24, 2.45) is 0 Å². The molecule has 0 aliphatic carbocycles. The summed E-state index contributed by atoms with van der Waals surface area (Å²) in [5, 5.41) is 2.04. The minimum Gasteiger partial charge on any atom is -0.361 e. The molecule has 1 aromatic rings. The van der Waals surface area contributed by atoms with Crippen LogP contribution < -0.4 is 10.6 Å². The first-order valence-corrected chi connectivity index (χ1v) is 2.79. The van der Waals surface area contributed by atoms with Crippen molar-refractivity contribution in [3.63, 3.8) is 0 Å². The van der Waals surface area contributed by atoms with E-state index in [0.29, 0.717) is 0 Å². The van der Waals surface area contributed by atoms with Crippen LogP contribution >= 0.6 is 0 Å². The first-order valence-electron chi connectivity index (χ1n) is 2.79. The monoisotopic (exact) mass is 121 g/mol. The van der Waals surface area contributed by atoms with E-state index in [0.717, 1.165) is 10.6 Å². The predicted octanol–water partition coefficient (Wildman–Crippen LogP) is 0.637. The SMILES string of the molecule is C=C/C=c1/[nH]ccc1=C.[HH]. The van der Waals surface area contributed by atoms with Gasteiger partial charge >= 0.3 is 0 Å². The van der Waals surface area contributed by atoms with Crippen molar-refractivity contribution in [2.45, 2.75) is 0 Å². The Morgan fingerprint density at radius 2 is 2.44 bits per heavy atom. The smallest absolute Gasteiger partial charge is 0.0447 e. The summed E-state index contributed by atoms with van der Waals surface area (Å²) < 4.78 is 0. The van der Waals surface area contributed by atoms with E-state index in [4.69, 9.17) is 0 Å². The molecule has 0 fully saturated rings. The van der Waals surface area contributed by atoms with Gasteiger partial charge in [0.2, 0.25) is 0 Å². The van der Waals surface area contributed by atoms with Crippen LogP contribution in [0.2, 0.25) is 0 Å². The number of hydrogen-bond acceptors (Lipinski definition) is 0. The molecule has 1 heteroatoms. The van der Waals surface area contributed by atoms with Gasteiger partial charge in [-0.3, -0.25) is 0 Å². The second-order valence-electron chi connectivity index (χ2n) is 1.82. The average Bonchev–Trinajstić information content (AvgIpc) is 2.18. The summed E-state index contributed by atoms with van der Waals surface area (Å²) in [4.78, 5) is 3.02. The number of allylic oxidation sites excluding steroid dienone is 1. The van der Waals surface area contributed by atoms with Crippen LogP contribution in [0, 0.1) is 0 Å². The van der Waals surface area contributed by atoms with Gasteiger partial charge in [-0.1, -0.05) is 19.2 Å². The Morgan fingerprint density at radius 1 is 1.67 bits per heavy atom. The fraction of sp³-hybridized carbons (Fsp3) is 0. The van der Waals surface area contributed by atoms with E-state index in [1.54, 1.807) is 6.08 Å². The van der Waals surface area contributed by atoms with E-state index < -0.39 is 0 Å². The molecule has 0 saturated heterocycles. The lowest BCUT2D eigenvalue weighted by atomic mass is 10.4. The number of rotatable bonds is 1. The third kappa shape index (κ3) is 1.11. The van der Waals surface area contributed by atoms with Crippen LogP contribution in [0.25, 0.3) is 12.7 Å². The molecule has 1 aromatic heterocycles. The molecule has 1 heterocycles. The number of aromatic amines is 1. The molecule has 0 atom stereocenters. The van der Waals surface area contributed by atoms with Crippen LogP contribution in [0.4, 0.5) is 0 Å². The lowest BCUT2D eigenvalue weighted by Crippen LogP contribution is -2.19. The Kier molecular flexibility index (Phi) is 1.54. The maximum atomic E-state index is 3.79. The fourth-order valence-corrected chi connectivity index (χ4v) is 0.688. The maximum Gasteiger partial charge on any atom is 0.0447 e. The molecule has 1 N–H and O–H groups in total. The van der Waals surface area contributed by atoms with Crippen LogP contribution in [0.3, 0.4) is 0 Å². The number of hydrogen-bond donors (Lipinski definition) is 1. The molecule has 0 aliphatic rings. The minimum absolute atomic E-state index is 0. The van der Waals surface area contributed by atoms with Crippen molar-refractivity contribution in [1.29, 1.82) is 0 Å². The molecule has 0 aromatic carbocycles. The highest BCUT2D eigenvalue weighted by Gasteiger charge is 1.76. The second kappa shape index (κ2) is 2.35. The number of H-pyrrole nitrogens is 1. The van der Waals surface area contributed by atoms with Gasteiger partial charge in [-0.05, 0) is 17.4 Å². The Balaban J connectivity index is 0.000000810. The van der Waals surface area contributed by atoms with E-state index in [1.807, 2.05) is 18.3 Å². The van der Waals surface area contributed by atoms with Gasteiger partial charge in [-0.25, -0.2) is 0 Å². The third-order valence-electron chi connectivity index (χ3n) is 1.15. The van der Waals surface area contributed by atoms with Crippen molar-refractivity contribution in [3.8, 4) is 0 Å². The first kappa shape index (κ1) is 5.89. The molecule has 0 radical (unpaired) electrons. The van der Waals surface area contributed by atoms with E-state index in [-0.39, 0.29) is 1.43 Å². The Hall–Kier alpha value is -1.24. The molecular formula is C8H11N. The van der Waals surface area contributed by atoms with Crippen molar-refractivity contribution in [3.05, 3.63) is 35.5 Å². The normalized spacial score (nSPS) is 11.8. The summed E-state index contributed by atoms with van der Waals surface area (Å²) in [6.45, 7) is 7.36. The predicted molar refractivity (Wildman–Crippen MR) is 42.3 cm³/mol. The van der Waals surface area contributed by atoms with Crippen LogP contribution in [0.1, 0.15) is 1.43 Å². The van der Waals surface area contributed by atoms with Gasteiger partial charge in [-0.15, -0.1) is 0 Å². The maximum absolute atomic E-state index is 3.79. The zero-order chi connectivity index (χ0) is 6.69. The van der Waals surface area contributed by atoms with Crippen LogP contribution in [0.15, 0.2) is 24.9 Å². The quantitative estimate of drug-likeness (QED) is 0.561. The van der Waals surface area contributed by atoms with Gasteiger partial charge in [-0.2, -0.15) is 0 Å². The van der Waals surface area contributed by atoms with Crippen LogP contribution in [0.5, 0.6) is 0 Å². The van der Waals surface area contributed by atoms with Gasteiger partial charge in [0, 0.05) is 13.0 Å². The summed E-state index contributed by atoms with van der Waals surface area (Å²) in [5.74, 6) is 0. The van der Waals surface area contributed by atoms with Crippen molar-refractivity contribution < 1.29 is 1.43 Å². The standard InChI is InChI=1S/C8H9N.H2/c1-3-4-8-7(2)5-6-9-8;/h3-6,9H,1-2H2;1H/b8-4+;. The van der Waals surface area contributed by atoms with E-state index in [9.17, 15) is 0 Å². The van der Waals surface area contributed by atoms with E-state index in [1.165, 1.54) is 0 Å². The lowest BCUT2D eigenvalue weighted by Gasteiger charge is -1.71. The highest BCUT2D eigenvalue weighted by Crippen LogP contribution is 1.63. The van der Waals surface area contributed by atoms with Crippen molar-refractivity contribution >= 4 is 12.7 Å². The minimum atomic E-state index is 0. The Bertz CT molecular complexity index is 297. The van der Waals surface area contributed by atoms with Gasteiger partial charge < -0.3 is 4.98 Å². The van der Waals surface area contributed by atoms with Gasteiger partial charge in [0.25, 0.3) is 0 Å². The Labute approximate surface area is 55.5 Å². The summed E-state index contributed by atoms with van der Waals surface area (Å²) in [7, 11) is 0. The molecule has 0 amide bonds. The first-order chi connectivity index (χ1) is 4.34. The molecule has 0 saturated carbocycles. The van der Waals surface area contributed by atoms with Gasteiger partial charge in [0.15, 0.2) is 0 Å². The summed E-state index contributed by atoms with van der Waals surface area (Å²) >= 11 is 0. The van der Waals surface area contributed by atoms with Gasteiger partial charge in [0.05, 0.1) is 0 Å². The zero-order valence-corrected chi connectivity index (χ0v) is 5.22. The summed E-state index contributed by atoms with van der Waals surface area (Å²) in [6.07, 6.45) is 5.49. The van der Waals surface area contributed by atoms with E-state index >= 15 is 0 Å². The molecule has 9 heavy (non-hydrogen) atoms. The lowest BCUT2D eigenvalue weighted by molar-refractivity contribution is 1.32. The zero-order valence-electron chi connectivity index (χ0n) is 5.22. The molecular weight excluding hydrogens is 110 g/mol. The second-order valence-corrected chi connectivity index (χ2v) is 1.82. The molecule has 0 aliphatic heterocycles. The average molecular weight is 121 g/mol. The molecule has 0 spiro atoms. The number of aromatic nitrogens is 1. The Morgan fingerprint density at radius 3 is 2.89 bits per heavy atom. The molecule has 0 unspecified atom stereocenters.